The van der Waals surface area contributed by atoms with Crippen LogP contribution in [0.25, 0.3) is 10.3 Å². The molecular formula is C22H30N6OS. The molecule has 0 aromatic carbocycles. The standard InChI is InChI=1S/C22H30N6OS/c1-15-11-18-19(23-12-15)25-21(30-18)26-20(29)17-6-9-27(10-7-17)8-5-16-13-24-28(14-16)22(2,3)4/h11-14,17H,5-10H2,1-4H3,(H,23,25,26,29). The first-order valence-electron chi connectivity index (χ1n) is 10.6. The normalized spacial score (nSPS) is 16.3. The molecule has 0 unspecified atom stereocenters. The Morgan fingerprint density at radius 2 is 2.03 bits per heavy atom. The Bertz CT molecular complexity index is 1030. The third-order valence-electron chi connectivity index (χ3n) is 5.61. The lowest BCUT2D eigenvalue weighted by Gasteiger charge is -2.30. The fourth-order valence-corrected chi connectivity index (χ4v) is 4.67. The summed E-state index contributed by atoms with van der Waals surface area (Å²) in [5.41, 5.74) is 3.08. The third kappa shape index (κ3) is 4.87. The van der Waals surface area contributed by atoms with E-state index in [4.69, 9.17) is 0 Å². The van der Waals surface area contributed by atoms with Gasteiger partial charge in [-0.2, -0.15) is 10.1 Å². The SMILES string of the molecule is Cc1cnc2nc(NC(=O)C3CCN(CCc4cnn(C(C)(C)C)c4)CC3)sc2c1. The summed E-state index contributed by atoms with van der Waals surface area (Å²) in [5.74, 6) is 0.128. The summed E-state index contributed by atoms with van der Waals surface area (Å²) in [6, 6.07) is 2.05. The van der Waals surface area contributed by atoms with Crippen LogP contribution >= 0.6 is 11.3 Å². The highest BCUT2D eigenvalue weighted by molar-refractivity contribution is 7.22. The van der Waals surface area contributed by atoms with Crippen LogP contribution in [-0.2, 0) is 16.8 Å². The number of likely N-dealkylation sites (tertiary alicyclic amines) is 1. The lowest BCUT2D eigenvalue weighted by atomic mass is 9.96. The molecule has 0 atom stereocenters. The van der Waals surface area contributed by atoms with Crippen LogP contribution in [-0.4, -0.2) is 50.2 Å². The van der Waals surface area contributed by atoms with Crippen molar-refractivity contribution < 1.29 is 4.79 Å². The number of thiazole rings is 1. The second-order valence-electron chi connectivity index (χ2n) is 9.17. The number of amides is 1. The van der Waals surface area contributed by atoms with E-state index < -0.39 is 0 Å². The highest BCUT2D eigenvalue weighted by Gasteiger charge is 2.25. The molecule has 0 spiro atoms. The van der Waals surface area contributed by atoms with Crippen LogP contribution in [0.4, 0.5) is 5.13 Å². The third-order valence-corrected chi connectivity index (χ3v) is 6.52. The summed E-state index contributed by atoms with van der Waals surface area (Å²) in [4.78, 5) is 23.9. The van der Waals surface area contributed by atoms with Crippen LogP contribution in [0.1, 0.15) is 44.7 Å². The molecule has 7 nitrogen and oxygen atoms in total. The minimum absolute atomic E-state index is 0.0160. The zero-order chi connectivity index (χ0) is 21.3. The Morgan fingerprint density at radius 1 is 1.27 bits per heavy atom. The number of hydrogen-bond donors (Lipinski definition) is 1. The number of piperidine rings is 1. The van der Waals surface area contributed by atoms with E-state index in [1.54, 1.807) is 6.20 Å². The van der Waals surface area contributed by atoms with E-state index in [0.29, 0.717) is 10.8 Å². The number of carbonyl (C=O) groups is 1. The second kappa shape index (κ2) is 8.43. The molecule has 1 aliphatic rings. The number of aromatic nitrogens is 4. The van der Waals surface area contributed by atoms with Crippen molar-refractivity contribution in [2.45, 2.75) is 52.5 Å². The van der Waals surface area contributed by atoms with Crippen LogP contribution in [0.5, 0.6) is 0 Å². The van der Waals surface area contributed by atoms with Gasteiger partial charge in [-0.05, 0) is 77.2 Å². The lowest BCUT2D eigenvalue weighted by Crippen LogP contribution is -2.39. The maximum absolute atomic E-state index is 12.7. The molecule has 0 aliphatic carbocycles. The zero-order valence-electron chi connectivity index (χ0n) is 18.2. The van der Waals surface area contributed by atoms with Gasteiger partial charge in [-0.25, -0.2) is 4.98 Å². The Kier molecular flexibility index (Phi) is 5.88. The number of hydrogen-bond acceptors (Lipinski definition) is 6. The predicted octanol–water partition coefficient (Wildman–Crippen LogP) is 3.84. The summed E-state index contributed by atoms with van der Waals surface area (Å²) in [6.07, 6.45) is 8.68. The van der Waals surface area contributed by atoms with Gasteiger partial charge < -0.3 is 10.2 Å². The molecule has 4 rings (SSSR count). The molecule has 0 bridgehead atoms. The maximum Gasteiger partial charge on any atom is 0.229 e. The number of carbonyl (C=O) groups excluding carboxylic acids is 1. The average Bonchev–Trinajstić information content (AvgIpc) is 3.33. The highest BCUT2D eigenvalue weighted by Crippen LogP contribution is 2.27. The molecule has 0 saturated carbocycles. The van der Waals surface area contributed by atoms with Crippen molar-refractivity contribution in [3.63, 3.8) is 0 Å². The second-order valence-corrected chi connectivity index (χ2v) is 10.2. The van der Waals surface area contributed by atoms with Crippen molar-refractivity contribution in [1.82, 2.24) is 24.6 Å². The molecular weight excluding hydrogens is 396 g/mol. The molecule has 1 aliphatic heterocycles. The monoisotopic (exact) mass is 426 g/mol. The van der Waals surface area contributed by atoms with Crippen LogP contribution in [0.15, 0.2) is 24.7 Å². The summed E-state index contributed by atoms with van der Waals surface area (Å²) in [6.45, 7) is 11.4. The molecule has 1 saturated heterocycles. The van der Waals surface area contributed by atoms with E-state index in [2.05, 4.69) is 58.3 Å². The van der Waals surface area contributed by atoms with Crippen molar-refractivity contribution >= 4 is 32.7 Å². The molecule has 1 fully saturated rings. The fourth-order valence-electron chi connectivity index (χ4n) is 3.74. The van der Waals surface area contributed by atoms with Crippen molar-refractivity contribution in [3.05, 3.63) is 35.8 Å². The molecule has 0 radical (unpaired) electrons. The fraction of sp³-hybridized carbons (Fsp3) is 0.545. The average molecular weight is 427 g/mol. The Morgan fingerprint density at radius 3 is 2.73 bits per heavy atom. The quantitative estimate of drug-likeness (QED) is 0.671. The van der Waals surface area contributed by atoms with E-state index in [1.165, 1.54) is 16.9 Å². The van der Waals surface area contributed by atoms with Gasteiger partial charge >= 0.3 is 0 Å². The summed E-state index contributed by atoms with van der Waals surface area (Å²) < 4.78 is 3.03. The highest BCUT2D eigenvalue weighted by atomic mass is 32.1. The van der Waals surface area contributed by atoms with Gasteiger partial charge in [0.25, 0.3) is 0 Å². The van der Waals surface area contributed by atoms with Gasteiger partial charge in [-0.3, -0.25) is 9.48 Å². The number of nitrogens with zero attached hydrogens (tertiary/aromatic N) is 5. The first kappa shape index (κ1) is 20.9. The van der Waals surface area contributed by atoms with Gasteiger partial charge in [0.1, 0.15) is 0 Å². The number of anilines is 1. The smallest absolute Gasteiger partial charge is 0.229 e. The zero-order valence-corrected chi connectivity index (χ0v) is 19.0. The topological polar surface area (TPSA) is 75.9 Å². The van der Waals surface area contributed by atoms with Gasteiger partial charge in [-0.1, -0.05) is 11.3 Å². The van der Waals surface area contributed by atoms with Crippen molar-refractivity contribution in [1.29, 1.82) is 0 Å². The largest absolute Gasteiger partial charge is 0.303 e. The first-order valence-corrected chi connectivity index (χ1v) is 11.4. The summed E-state index contributed by atoms with van der Waals surface area (Å²) >= 11 is 1.49. The van der Waals surface area contributed by atoms with E-state index in [0.717, 1.165) is 49.2 Å². The molecule has 4 heterocycles. The van der Waals surface area contributed by atoms with Crippen LogP contribution in [0, 0.1) is 12.8 Å². The molecule has 160 valence electrons. The van der Waals surface area contributed by atoms with E-state index in [9.17, 15) is 4.79 Å². The Hall–Kier alpha value is -2.32. The van der Waals surface area contributed by atoms with Crippen molar-refractivity contribution in [2.75, 3.05) is 25.0 Å². The van der Waals surface area contributed by atoms with Gasteiger partial charge in [-0.15, -0.1) is 0 Å². The first-order chi connectivity index (χ1) is 14.3. The number of nitrogens with one attached hydrogen (secondary N) is 1. The number of pyridine rings is 1. The lowest BCUT2D eigenvalue weighted by molar-refractivity contribution is -0.121. The minimum atomic E-state index is 0.0160. The van der Waals surface area contributed by atoms with Crippen LogP contribution < -0.4 is 5.32 Å². The van der Waals surface area contributed by atoms with Crippen molar-refractivity contribution in [3.8, 4) is 0 Å². The summed E-state index contributed by atoms with van der Waals surface area (Å²) in [5, 5.41) is 8.14. The summed E-state index contributed by atoms with van der Waals surface area (Å²) in [7, 11) is 0. The van der Waals surface area contributed by atoms with E-state index >= 15 is 0 Å². The Balaban J connectivity index is 1.25. The number of fused-ring (bicyclic) bond motifs is 1. The van der Waals surface area contributed by atoms with Crippen LogP contribution in [0.3, 0.4) is 0 Å². The molecule has 1 amide bonds. The Labute approximate surface area is 181 Å². The van der Waals surface area contributed by atoms with E-state index in [-0.39, 0.29) is 17.4 Å². The predicted molar refractivity (Wildman–Crippen MR) is 121 cm³/mol. The van der Waals surface area contributed by atoms with Gasteiger partial charge in [0, 0.05) is 24.9 Å². The van der Waals surface area contributed by atoms with Crippen LogP contribution in [0.2, 0.25) is 0 Å². The maximum atomic E-state index is 12.7. The van der Waals surface area contributed by atoms with Gasteiger partial charge in [0.15, 0.2) is 10.8 Å². The van der Waals surface area contributed by atoms with Gasteiger partial charge in [0.2, 0.25) is 5.91 Å². The molecule has 8 heteroatoms. The molecule has 1 N–H and O–H groups in total. The molecule has 30 heavy (non-hydrogen) atoms. The number of rotatable bonds is 5. The van der Waals surface area contributed by atoms with E-state index in [1.807, 2.05) is 17.8 Å². The van der Waals surface area contributed by atoms with Crippen molar-refractivity contribution in [2.24, 2.45) is 5.92 Å². The minimum Gasteiger partial charge on any atom is -0.303 e. The molecule has 3 aromatic rings. The molecule has 3 aromatic heterocycles. The van der Waals surface area contributed by atoms with Gasteiger partial charge in [0.05, 0.1) is 16.4 Å². The number of aryl methyl sites for hydroxylation is 1.